The summed E-state index contributed by atoms with van der Waals surface area (Å²) in [5.41, 5.74) is 0.809. The molecule has 6 heteroatoms. The third-order valence-corrected chi connectivity index (χ3v) is 4.58. The molecule has 0 spiro atoms. The number of nitrogens with two attached hydrogens (primary N) is 1. The zero-order valence-electron chi connectivity index (χ0n) is 11.2. The van der Waals surface area contributed by atoms with Crippen molar-refractivity contribution in [2.24, 2.45) is 5.14 Å². The van der Waals surface area contributed by atoms with Gasteiger partial charge in [-0.05, 0) is 25.1 Å². The van der Waals surface area contributed by atoms with E-state index >= 15 is 0 Å². The predicted molar refractivity (Wildman–Crippen MR) is 75.5 cm³/mol. The largest absolute Gasteiger partial charge is 0.304 e. The molecule has 106 valence electrons. The molecule has 19 heavy (non-hydrogen) atoms. The average Bonchev–Trinajstić information content (AvgIpc) is 2.37. The van der Waals surface area contributed by atoms with Crippen molar-refractivity contribution in [3.8, 4) is 0 Å². The van der Waals surface area contributed by atoms with Gasteiger partial charge in [-0.1, -0.05) is 18.2 Å². The minimum Gasteiger partial charge on any atom is -0.304 e. The van der Waals surface area contributed by atoms with Crippen molar-refractivity contribution < 1.29 is 8.42 Å². The van der Waals surface area contributed by atoms with Crippen LogP contribution in [0.2, 0.25) is 0 Å². The van der Waals surface area contributed by atoms with Crippen molar-refractivity contribution in [1.82, 2.24) is 9.80 Å². The quantitative estimate of drug-likeness (QED) is 0.852. The van der Waals surface area contributed by atoms with Gasteiger partial charge in [0.1, 0.15) is 0 Å². The topological polar surface area (TPSA) is 66.6 Å². The van der Waals surface area contributed by atoms with Crippen LogP contribution >= 0.6 is 0 Å². The Morgan fingerprint density at radius 2 is 1.79 bits per heavy atom. The van der Waals surface area contributed by atoms with Crippen LogP contribution in [0.15, 0.2) is 29.2 Å². The number of likely N-dealkylation sites (N-methyl/N-ethyl adjacent to an activating group) is 1. The SMILES string of the molecule is CN1CCN(CCc2ccccc2S(N)(=O)=O)CC1. The summed E-state index contributed by atoms with van der Waals surface area (Å²) in [4.78, 5) is 4.92. The fraction of sp³-hybridized carbons (Fsp3) is 0.538. The highest BCUT2D eigenvalue weighted by Crippen LogP contribution is 2.15. The van der Waals surface area contributed by atoms with Crippen molar-refractivity contribution in [2.75, 3.05) is 39.8 Å². The van der Waals surface area contributed by atoms with Gasteiger partial charge in [0.2, 0.25) is 10.0 Å². The number of nitrogens with zero attached hydrogens (tertiary/aromatic N) is 2. The van der Waals surface area contributed by atoms with Crippen LogP contribution in [-0.4, -0.2) is 58.0 Å². The Morgan fingerprint density at radius 3 is 2.42 bits per heavy atom. The molecule has 0 atom stereocenters. The molecule has 0 radical (unpaired) electrons. The van der Waals surface area contributed by atoms with E-state index < -0.39 is 10.0 Å². The number of piperazine rings is 1. The maximum Gasteiger partial charge on any atom is 0.238 e. The summed E-state index contributed by atoms with van der Waals surface area (Å²) >= 11 is 0. The Hall–Kier alpha value is -0.950. The molecule has 1 aliphatic rings. The summed E-state index contributed by atoms with van der Waals surface area (Å²) in [6, 6.07) is 6.98. The van der Waals surface area contributed by atoms with E-state index in [1.807, 2.05) is 12.1 Å². The first kappa shape index (κ1) is 14.5. The summed E-state index contributed by atoms with van der Waals surface area (Å²) in [5.74, 6) is 0. The van der Waals surface area contributed by atoms with E-state index in [9.17, 15) is 8.42 Å². The molecule has 0 aliphatic carbocycles. The molecule has 1 aromatic rings. The van der Waals surface area contributed by atoms with E-state index in [-0.39, 0.29) is 4.90 Å². The lowest BCUT2D eigenvalue weighted by Gasteiger charge is -2.32. The van der Waals surface area contributed by atoms with Gasteiger partial charge in [0, 0.05) is 32.7 Å². The molecule has 2 rings (SSSR count). The molecule has 1 heterocycles. The van der Waals surface area contributed by atoms with Crippen molar-refractivity contribution >= 4 is 10.0 Å². The first-order valence-corrected chi connectivity index (χ1v) is 8.03. The summed E-state index contributed by atoms with van der Waals surface area (Å²) in [7, 11) is -1.50. The molecule has 2 N–H and O–H groups in total. The second-order valence-electron chi connectivity index (χ2n) is 5.05. The fourth-order valence-electron chi connectivity index (χ4n) is 2.34. The lowest BCUT2D eigenvalue weighted by atomic mass is 10.1. The Bertz CT molecular complexity index is 522. The van der Waals surface area contributed by atoms with Gasteiger partial charge in [-0.25, -0.2) is 13.6 Å². The number of hydrogen-bond acceptors (Lipinski definition) is 4. The van der Waals surface area contributed by atoms with Crippen LogP contribution < -0.4 is 5.14 Å². The van der Waals surface area contributed by atoms with Crippen molar-refractivity contribution in [3.63, 3.8) is 0 Å². The number of primary sulfonamides is 1. The lowest BCUT2D eigenvalue weighted by molar-refractivity contribution is 0.155. The summed E-state index contributed by atoms with van der Waals surface area (Å²) in [6.45, 7) is 5.08. The normalized spacial score (nSPS) is 18.6. The molecule has 0 bridgehead atoms. The van der Waals surface area contributed by atoms with Gasteiger partial charge < -0.3 is 9.80 Å². The predicted octanol–water partition coefficient (Wildman–Crippen LogP) is 0.124. The van der Waals surface area contributed by atoms with Crippen LogP contribution in [0, 0.1) is 0 Å². The molecule has 1 saturated heterocycles. The number of rotatable bonds is 4. The highest BCUT2D eigenvalue weighted by molar-refractivity contribution is 7.89. The molecule has 0 aromatic heterocycles. The van der Waals surface area contributed by atoms with E-state index in [1.54, 1.807) is 12.1 Å². The fourth-order valence-corrected chi connectivity index (χ4v) is 3.14. The van der Waals surface area contributed by atoms with E-state index in [0.717, 1.165) is 44.7 Å². The van der Waals surface area contributed by atoms with Gasteiger partial charge in [-0.15, -0.1) is 0 Å². The molecule has 0 saturated carbocycles. The van der Waals surface area contributed by atoms with E-state index in [4.69, 9.17) is 5.14 Å². The third-order valence-electron chi connectivity index (χ3n) is 3.57. The number of benzene rings is 1. The zero-order valence-corrected chi connectivity index (χ0v) is 12.1. The zero-order chi connectivity index (χ0) is 13.9. The standard InChI is InChI=1S/C13H21N3O2S/c1-15-8-10-16(11-9-15)7-6-12-4-2-3-5-13(12)19(14,17)18/h2-5H,6-11H2,1H3,(H2,14,17,18). The van der Waals surface area contributed by atoms with Crippen LogP contribution in [0.4, 0.5) is 0 Å². The Balaban J connectivity index is 2.00. The van der Waals surface area contributed by atoms with Crippen LogP contribution in [0.1, 0.15) is 5.56 Å². The van der Waals surface area contributed by atoms with E-state index in [1.165, 1.54) is 0 Å². The summed E-state index contributed by atoms with van der Waals surface area (Å²) in [6.07, 6.45) is 0.719. The van der Waals surface area contributed by atoms with Gasteiger partial charge in [-0.2, -0.15) is 0 Å². The lowest BCUT2D eigenvalue weighted by Crippen LogP contribution is -2.45. The molecule has 1 aromatic carbocycles. The Kier molecular flexibility index (Phi) is 4.57. The minimum atomic E-state index is -3.62. The Labute approximate surface area is 115 Å². The van der Waals surface area contributed by atoms with E-state index in [2.05, 4.69) is 16.8 Å². The molecule has 1 aliphatic heterocycles. The maximum atomic E-state index is 11.5. The second-order valence-corrected chi connectivity index (χ2v) is 6.58. The van der Waals surface area contributed by atoms with Crippen LogP contribution in [0.3, 0.4) is 0 Å². The van der Waals surface area contributed by atoms with Gasteiger partial charge >= 0.3 is 0 Å². The van der Waals surface area contributed by atoms with Crippen molar-refractivity contribution in [3.05, 3.63) is 29.8 Å². The highest BCUT2D eigenvalue weighted by Gasteiger charge is 2.16. The monoisotopic (exact) mass is 283 g/mol. The molecule has 0 amide bonds. The maximum absolute atomic E-state index is 11.5. The molecule has 0 unspecified atom stereocenters. The van der Waals surface area contributed by atoms with Gasteiger partial charge in [-0.3, -0.25) is 0 Å². The van der Waals surface area contributed by atoms with Crippen LogP contribution in [-0.2, 0) is 16.4 Å². The Morgan fingerprint density at radius 1 is 1.16 bits per heavy atom. The van der Waals surface area contributed by atoms with Gasteiger partial charge in [0.15, 0.2) is 0 Å². The molecule has 1 fully saturated rings. The van der Waals surface area contributed by atoms with Crippen molar-refractivity contribution in [1.29, 1.82) is 0 Å². The highest BCUT2D eigenvalue weighted by atomic mass is 32.2. The first-order chi connectivity index (χ1) is 8.97. The van der Waals surface area contributed by atoms with Crippen molar-refractivity contribution in [2.45, 2.75) is 11.3 Å². The number of hydrogen-bond donors (Lipinski definition) is 1. The van der Waals surface area contributed by atoms with Crippen LogP contribution in [0.5, 0.6) is 0 Å². The summed E-state index contributed by atoms with van der Waals surface area (Å²) in [5, 5.41) is 5.24. The molecular formula is C13H21N3O2S. The average molecular weight is 283 g/mol. The molecule has 5 nitrogen and oxygen atoms in total. The van der Waals surface area contributed by atoms with Gasteiger partial charge in [0.25, 0.3) is 0 Å². The summed E-state index contributed by atoms with van der Waals surface area (Å²) < 4.78 is 23.0. The third kappa shape index (κ3) is 4.01. The van der Waals surface area contributed by atoms with E-state index in [0.29, 0.717) is 0 Å². The van der Waals surface area contributed by atoms with Crippen LogP contribution in [0.25, 0.3) is 0 Å². The molecular weight excluding hydrogens is 262 g/mol. The number of sulfonamides is 1. The smallest absolute Gasteiger partial charge is 0.238 e. The minimum absolute atomic E-state index is 0.254. The second kappa shape index (κ2) is 6.00. The first-order valence-electron chi connectivity index (χ1n) is 6.48. The van der Waals surface area contributed by atoms with Gasteiger partial charge in [0.05, 0.1) is 4.90 Å².